The molecule has 0 aliphatic rings. The van der Waals surface area contributed by atoms with Gasteiger partial charge in [0.25, 0.3) is 6.47 Å². The van der Waals surface area contributed by atoms with Crippen LogP contribution in [-0.4, -0.2) is 6.47 Å². The number of halogens is 1. The van der Waals surface area contributed by atoms with Crippen LogP contribution in [0.25, 0.3) is 0 Å². The molecule has 3 heteroatoms. The molecule has 1 aromatic rings. The van der Waals surface area contributed by atoms with E-state index < -0.39 is 0 Å². The summed E-state index contributed by atoms with van der Waals surface area (Å²) in [5.74, 6) is 0. The van der Waals surface area contributed by atoms with Gasteiger partial charge in [-0.3, -0.25) is 4.79 Å². The van der Waals surface area contributed by atoms with Gasteiger partial charge < -0.3 is 4.74 Å². The van der Waals surface area contributed by atoms with Gasteiger partial charge in [0.15, 0.2) is 0 Å². The van der Waals surface area contributed by atoms with Crippen LogP contribution in [0.1, 0.15) is 33.3 Å². The van der Waals surface area contributed by atoms with Gasteiger partial charge in [-0.25, -0.2) is 0 Å². The molecule has 0 heterocycles. The van der Waals surface area contributed by atoms with Crippen LogP contribution in [0.4, 0.5) is 0 Å². The van der Waals surface area contributed by atoms with Crippen molar-refractivity contribution in [2.45, 2.75) is 34.3 Å². The van der Waals surface area contributed by atoms with E-state index in [1.165, 1.54) is 0 Å². The summed E-state index contributed by atoms with van der Waals surface area (Å²) in [5, 5.41) is 0.680. The Hall–Kier alpha value is -1.02. The molecule has 0 bridgehead atoms. The van der Waals surface area contributed by atoms with E-state index in [0.29, 0.717) is 23.5 Å². The van der Waals surface area contributed by atoms with Crippen LogP contribution in [-0.2, 0) is 16.1 Å². The Kier molecular flexibility index (Phi) is 6.82. The first kappa shape index (κ1) is 15.0. The molecule has 0 fully saturated rings. The molecule has 1 aromatic carbocycles. The van der Waals surface area contributed by atoms with Crippen molar-refractivity contribution < 1.29 is 9.53 Å². The summed E-state index contributed by atoms with van der Waals surface area (Å²) in [6.45, 7) is 9.48. The summed E-state index contributed by atoms with van der Waals surface area (Å²) >= 11 is 5.64. The molecular formula is C13H19ClO2. The standard InChI is InChI=1S/C8H7ClO2.C5H12/c9-8-3-1-7(2-4-8)5-11-6-10;1-5(2,3)4/h1-4,6H,5H2;1-4H3. The second-order valence-electron chi connectivity index (χ2n) is 5.03. The number of ether oxygens (including phenoxy) is 1. The lowest BCUT2D eigenvalue weighted by Gasteiger charge is -2.05. The molecule has 0 spiro atoms. The molecule has 0 saturated carbocycles. The zero-order valence-corrected chi connectivity index (χ0v) is 11.0. The van der Waals surface area contributed by atoms with Crippen molar-refractivity contribution in [2.75, 3.05) is 0 Å². The maximum atomic E-state index is 9.80. The van der Waals surface area contributed by atoms with Gasteiger partial charge in [-0.2, -0.15) is 0 Å². The quantitative estimate of drug-likeness (QED) is 0.747. The van der Waals surface area contributed by atoms with E-state index in [1.54, 1.807) is 12.1 Å². The van der Waals surface area contributed by atoms with Crippen LogP contribution in [0.2, 0.25) is 5.02 Å². The van der Waals surface area contributed by atoms with Crippen LogP contribution in [0.3, 0.4) is 0 Å². The van der Waals surface area contributed by atoms with Crippen LogP contribution >= 0.6 is 11.6 Å². The molecule has 90 valence electrons. The average Bonchev–Trinajstić information content (AvgIpc) is 2.14. The van der Waals surface area contributed by atoms with Crippen molar-refractivity contribution in [2.24, 2.45) is 5.41 Å². The number of hydrogen-bond acceptors (Lipinski definition) is 2. The molecule has 2 nitrogen and oxygen atoms in total. The fourth-order valence-corrected chi connectivity index (χ4v) is 0.837. The highest BCUT2D eigenvalue weighted by atomic mass is 35.5. The summed E-state index contributed by atoms with van der Waals surface area (Å²) in [5.41, 5.74) is 1.43. The lowest BCUT2D eigenvalue weighted by molar-refractivity contribution is -0.129. The van der Waals surface area contributed by atoms with Gasteiger partial charge in [-0.1, -0.05) is 51.4 Å². The fraction of sp³-hybridized carbons (Fsp3) is 0.462. The largest absolute Gasteiger partial charge is 0.463 e. The Morgan fingerprint density at radius 3 is 2.00 bits per heavy atom. The van der Waals surface area contributed by atoms with Gasteiger partial charge >= 0.3 is 0 Å². The van der Waals surface area contributed by atoms with E-state index in [-0.39, 0.29) is 0 Å². The second kappa shape index (κ2) is 7.29. The van der Waals surface area contributed by atoms with Gasteiger partial charge in [0, 0.05) is 5.02 Å². The van der Waals surface area contributed by atoms with Crippen molar-refractivity contribution in [1.82, 2.24) is 0 Å². The smallest absolute Gasteiger partial charge is 0.293 e. The third-order valence-corrected chi connectivity index (χ3v) is 1.48. The summed E-state index contributed by atoms with van der Waals surface area (Å²) in [4.78, 5) is 9.80. The molecule has 16 heavy (non-hydrogen) atoms. The highest BCUT2D eigenvalue weighted by Gasteiger charge is 1.95. The molecule has 0 atom stereocenters. The third kappa shape index (κ3) is 11.1. The minimum Gasteiger partial charge on any atom is -0.463 e. The number of carbonyl (C=O) groups is 1. The minimum absolute atomic E-state index is 0.306. The van der Waals surface area contributed by atoms with E-state index >= 15 is 0 Å². The van der Waals surface area contributed by atoms with Gasteiger partial charge in [-0.15, -0.1) is 0 Å². The van der Waals surface area contributed by atoms with E-state index in [2.05, 4.69) is 32.4 Å². The molecule has 0 saturated heterocycles. The van der Waals surface area contributed by atoms with E-state index in [0.717, 1.165) is 5.56 Å². The Labute approximate surface area is 103 Å². The van der Waals surface area contributed by atoms with E-state index in [9.17, 15) is 4.79 Å². The van der Waals surface area contributed by atoms with Gasteiger partial charge in [0.05, 0.1) is 0 Å². The zero-order chi connectivity index (χ0) is 12.6. The monoisotopic (exact) mass is 242 g/mol. The van der Waals surface area contributed by atoms with Crippen LogP contribution in [0.15, 0.2) is 24.3 Å². The second-order valence-corrected chi connectivity index (χ2v) is 5.47. The molecule has 1 rings (SSSR count). The zero-order valence-electron chi connectivity index (χ0n) is 10.3. The molecule has 0 radical (unpaired) electrons. The van der Waals surface area contributed by atoms with Crippen molar-refractivity contribution in [3.63, 3.8) is 0 Å². The Balaban J connectivity index is 0.000000385. The van der Waals surface area contributed by atoms with Gasteiger partial charge in [-0.05, 0) is 23.1 Å². The first-order valence-electron chi connectivity index (χ1n) is 5.12. The van der Waals surface area contributed by atoms with Crippen molar-refractivity contribution in [1.29, 1.82) is 0 Å². The van der Waals surface area contributed by atoms with Gasteiger partial charge in [0.1, 0.15) is 6.61 Å². The van der Waals surface area contributed by atoms with Crippen LogP contribution in [0.5, 0.6) is 0 Å². The Morgan fingerprint density at radius 1 is 1.19 bits per heavy atom. The van der Waals surface area contributed by atoms with Crippen molar-refractivity contribution >= 4 is 18.1 Å². The van der Waals surface area contributed by atoms with Gasteiger partial charge in [0.2, 0.25) is 0 Å². The average molecular weight is 243 g/mol. The molecular weight excluding hydrogens is 224 g/mol. The highest BCUT2D eigenvalue weighted by Crippen LogP contribution is 2.09. The number of carbonyl (C=O) groups excluding carboxylic acids is 1. The number of hydrogen-bond donors (Lipinski definition) is 0. The molecule has 0 aliphatic carbocycles. The highest BCUT2D eigenvalue weighted by molar-refractivity contribution is 6.30. The van der Waals surface area contributed by atoms with Crippen molar-refractivity contribution in [3.05, 3.63) is 34.9 Å². The van der Waals surface area contributed by atoms with E-state index in [4.69, 9.17) is 11.6 Å². The van der Waals surface area contributed by atoms with E-state index in [1.807, 2.05) is 12.1 Å². The lowest BCUT2D eigenvalue weighted by atomic mass is 10.0. The number of rotatable bonds is 3. The SMILES string of the molecule is CC(C)(C)C.O=COCc1ccc(Cl)cc1. The summed E-state index contributed by atoms with van der Waals surface area (Å²) in [6.07, 6.45) is 0. The Bertz CT molecular complexity index is 293. The molecule has 0 aromatic heterocycles. The third-order valence-electron chi connectivity index (χ3n) is 1.23. The molecule has 0 aliphatic heterocycles. The van der Waals surface area contributed by atoms with Crippen LogP contribution < -0.4 is 0 Å². The number of benzene rings is 1. The normalized spacial score (nSPS) is 10.1. The lowest BCUT2D eigenvalue weighted by Crippen LogP contribution is -1.93. The Morgan fingerprint density at radius 2 is 1.62 bits per heavy atom. The first-order valence-corrected chi connectivity index (χ1v) is 5.50. The van der Waals surface area contributed by atoms with Crippen LogP contribution in [0, 0.1) is 5.41 Å². The maximum absolute atomic E-state index is 9.80. The predicted octanol–water partition coefficient (Wildman–Crippen LogP) is 4.07. The molecule has 0 amide bonds. The molecule has 0 N–H and O–H groups in total. The molecule has 0 unspecified atom stereocenters. The maximum Gasteiger partial charge on any atom is 0.293 e. The fourth-order valence-electron chi connectivity index (χ4n) is 0.711. The minimum atomic E-state index is 0.306. The topological polar surface area (TPSA) is 26.3 Å². The van der Waals surface area contributed by atoms with Crippen molar-refractivity contribution in [3.8, 4) is 0 Å². The summed E-state index contributed by atoms with van der Waals surface area (Å²) in [6, 6.07) is 7.13. The first-order chi connectivity index (χ1) is 7.33. The predicted molar refractivity (Wildman–Crippen MR) is 67.4 cm³/mol. The summed E-state index contributed by atoms with van der Waals surface area (Å²) < 4.78 is 4.54. The summed E-state index contributed by atoms with van der Waals surface area (Å²) in [7, 11) is 0.